The van der Waals surface area contributed by atoms with Gasteiger partial charge in [-0.1, -0.05) is 53.9 Å². The van der Waals surface area contributed by atoms with Crippen molar-refractivity contribution in [2.24, 2.45) is 52.3 Å². The highest BCUT2D eigenvalue weighted by Gasteiger charge is 2.60. The van der Waals surface area contributed by atoms with Crippen LogP contribution in [0.15, 0.2) is 0 Å². The van der Waals surface area contributed by atoms with Crippen LogP contribution in [0.2, 0.25) is 0 Å². The fraction of sp³-hybridized carbons (Fsp3) is 1.00. The standard InChI is InChI=1S/C27H48O2/c1-18(2)7-6-8-19(3)23-11-12-24-22-10-9-20-17-21(29-28)13-15-26(20,4)25(22)14-16-27(23,24)5/h18-25,28H,6-17H2,1-5H3/t19-,20?,21?,22+,23-,24+,25+,26+,27-/m1/s1. The minimum atomic E-state index is 0.0982. The lowest BCUT2D eigenvalue weighted by Gasteiger charge is -2.61. The van der Waals surface area contributed by atoms with E-state index in [0.717, 1.165) is 54.3 Å². The molecular formula is C27H48O2. The first-order valence-corrected chi connectivity index (χ1v) is 13.1. The van der Waals surface area contributed by atoms with Crippen molar-refractivity contribution < 1.29 is 10.1 Å². The molecular weight excluding hydrogens is 356 g/mol. The van der Waals surface area contributed by atoms with E-state index in [1.165, 1.54) is 64.2 Å². The molecule has 0 aliphatic heterocycles. The minimum absolute atomic E-state index is 0.0982. The zero-order chi connectivity index (χ0) is 20.8. The van der Waals surface area contributed by atoms with Crippen LogP contribution in [0.25, 0.3) is 0 Å². The van der Waals surface area contributed by atoms with Crippen LogP contribution in [-0.4, -0.2) is 11.4 Å². The summed E-state index contributed by atoms with van der Waals surface area (Å²) in [5.74, 6) is 6.36. The van der Waals surface area contributed by atoms with Gasteiger partial charge in [-0.25, -0.2) is 4.89 Å². The SMILES string of the molecule is CC(C)CCC[C@@H](C)[C@H]1CC[C@H]2[C@@H]3CCC4CC(OO)CC[C@]4(C)[C@H]3CC[C@]12C. The van der Waals surface area contributed by atoms with Crippen molar-refractivity contribution in [2.45, 2.75) is 118 Å². The van der Waals surface area contributed by atoms with Crippen LogP contribution in [0.5, 0.6) is 0 Å². The smallest absolute Gasteiger partial charge is 0.0930 e. The van der Waals surface area contributed by atoms with Gasteiger partial charge in [0.2, 0.25) is 0 Å². The molecule has 4 aliphatic carbocycles. The number of hydrogen-bond donors (Lipinski definition) is 1. The fourth-order valence-electron chi connectivity index (χ4n) is 9.34. The summed E-state index contributed by atoms with van der Waals surface area (Å²) in [7, 11) is 0. The average molecular weight is 405 g/mol. The molecule has 0 saturated heterocycles. The van der Waals surface area contributed by atoms with E-state index in [0.29, 0.717) is 10.8 Å². The maximum absolute atomic E-state index is 9.23. The van der Waals surface area contributed by atoms with Gasteiger partial charge in [0.1, 0.15) is 0 Å². The van der Waals surface area contributed by atoms with Crippen molar-refractivity contribution in [3.8, 4) is 0 Å². The van der Waals surface area contributed by atoms with Crippen LogP contribution in [0.4, 0.5) is 0 Å². The third-order valence-electron chi connectivity index (χ3n) is 11.0. The van der Waals surface area contributed by atoms with Gasteiger partial charge in [-0.15, -0.1) is 0 Å². The van der Waals surface area contributed by atoms with Gasteiger partial charge in [-0.3, -0.25) is 5.26 Å². The Hall–Kier alpha value is -0.0800. The van der Waals surface area contributed by atoms with E-state index >= 15 is 0 Å². The normalized spacial score (nSPS) is 48.1. The minimum Gasteiger partial charge on any atom is -0.252 e. The molecule has 0 aromatic rings. The monoisotopic (exact) mass is 404 g/mol. The topological polar surface area (TPSA) is 29.5 Å². The number of hydrogen-bond acceptors (Lipinski definition) is 2. The van der Waals surface area contributed by atoms with Crippen LogP contribution in [-0.2, 0) is 4.89 Å². The molecule has 0 radical (unpaired) electrons. The van der Waals surface area contributed by atoms with Gasteiger partial charge in [0.25, 0.3) is 0 Å². The van der Waals surface area contributed by atoms with Crippen LogP contribution in [0, 0.1) is 52.3 Å². The van der Waals surface area contributed by atoms with Crippen molar-refractivity contribution in [1.29, 1.82) is 0 Å². The van der Waals surface area contributed by atoms with E-state index in [1.54, 1.807) is 0 Å². The average Bonchev–Trinajstić information content (AvgIpc) is 3.04. The second-order valence-corrected chi connectivity index (χ2v) is 12.7. The molecule has 0 amide bonds. The van der Waals surface area contributed by atoms with Crippen LogP contribution < -0.4 is 0 Å². The zero-order valence-electron chi connectivity index (χ0n) is 20.0. The van der Waals surface area contributed by atoms with Gasteiger partial charge in [-0.2, -0.15) is 0 Å². The molecule has 1 N–H and O–H groups in total. The summed E-state index contributed by atoms with van der Waals surface area (Å²) in [4.78, 5) is 4.79. The second kappa shape index (κ2) is 8.45. The Morgan fingerprint density at radius 3 is 2.31 bits per heavy atom. The Labute approximate surface area is 180 Å². The van der Waals surface area contributed by atoms with Gasteiger partial charge in [-0.05, 0) is 110 Å². The molecule has 0 spiro atoms. The molecule has 4 saturated carbocycles. The van der Waals surface area contributed by atoms with E-state index in [-0.39, 0.29) is 6.10 Å². The molecule has 0 bridgehead atoms. The summed E-state index contributed by atoms with van der Waals surface area (Å²) in [6.45, 7) is 12.6. The van der Waals surface area contributed by atoms with Crippen molar-refractivity contribution >= 4 is 0 Å². The molecule has 2 heteroatoms. The molecule has 4 fully saturated rings. The Morgan fingerprint density at radius 1 is 0.862 bits per heavy atom. The van der Waals surface area contributed by atoms with Gasteiger partial charge < -0.3 is 0 Å². The van der Waals surface area contributed by atoms with Gasteiger partial charge in [0.15, 0.2) is 0 Å². The lowest BCUT2D eigenvalue weighted by molar-refractivity contribution is -0.296. The van der Waals surface area contributed by atoms with Crippen LogP contribution in [0.1, 0.15) is 112 Å². The first-order valence-electron chi connectivity index (χ1n) is 13.1. The maximum atomic E-state index is 9.23. The molecule has 2 unspecified atom stereocenters. The highest BCUT2D eigenvalue weighted by Crippen LogP contribution is 2.68. The Bertz CT molecular complexity index is 559. The molecule has 0 aromatic carbocycles. The van der Waals surface area contributed by atoms with Crippen LogP contribution in [0.3, 0.4) is 0 Å². The first kappa shape index (κ1) is 22.1. The van der Waals surface area contributed by atoms with E-state index in [4.69, 9.17) is 4.89 Å². The molecule has 4 aliphatic rings. The maximum Gasteiger partial charge on any atom is 0.0930 e. The highest BCUT2D eigenvalue weighted by atomic mass is 17.1. The molecule has 168 valence electrons. The van der Waals surface area contributed by atoms with Crippen molar-refractivity contribution in [2.75, 3.05) is 0 Å². The van der Waals surface area contributed by atoms with E-state index in [2.05, 4.69) is 34.6 Å². The third-order valence-corrected chi connectivity index (χ3v) is 11.0. The molecule has 2 nitrogen and oxygen atoms in total. The fourth-order valence-corrected chi connectivity index (χ4v) is 9.34. The zero-order valence-corrected chi connectivity index (χ0v) is 20.0. The Balaban J connectivity index is 1.45. The number of rotatable bonds is 6. The summed E-state index contributed by atoms with van der Waals surface area (Å²) in [5.41, 5.74) is 1.10. The largest absolute Gasteiger partial charge is 0.252 e. The Kier molecular flexibility index (Phi) is 6.45. The molecule has 0 heterocycles. The Morgan fingerprint density at radius 2 is 1.59 bits per heavy atom. The van der Waals surface area contributed by atoms with Crippen molar-refractivity contribution in [3.63, 3.8) is 0 Å². The summed E-state index contributed by atoms with van der Waals surface area (Å²) >= 11 is 0. The van der Waals surface area contributed by atoms with Gasteiger partial charge in [0.05, 0.1) is 6.10 Å². The van der Waals surface area contributed by atoms with E-state index in [1.807, 2.05) is 0 Å². The molecule has 29 heavy (non-hydrogen) atoms. The summed E-state index contributed by atoms with van der Waals surface area (Å²) in [6.07, 6.45) is 16.5. The second-order valence-electron chi connectivity index (χ2n) is 12.7. The highest BCUT2D eigenvalue weighted by molar-refractivity contribution is 5.09. The van der Waals surface area contributed by atoms with E-state index in [9.17, 15) is 5.26 Å². The van der Waals surface area contributed by atoms with Gasteiger partial charge in [0, 0.05) is 0 Å². The summed E-state index contributed by atoms with van der Waals surface area (Å²) in [5, 5.41) is 9.23. The molecule has 0 aromatic heterocycles. The van der Waals surface area contributed by atoms with E-state index < -0.39 is 0 Å². The lowest BCUT2D eigenvalue weighted by atomic mass is 9.44. The van der Waals surface area contributed by atoms with Crippen molar-refractivity contribution in [3.05, 3.63) is 0 Å². The summed E-state index contributed by atoms with van der Waals surface area (Å²) in [6, 6.07) is 0. The quantitative estimate of drug-likeness (QED) is 0.359. The predicted octanol–water partition coefficient (Wildman–Crippen LogP) is 7.97. The van der Waals surface area contributed by atoms with Gasteiger partial charge >= 0.3 is 0 Å². The first-order chi connectivity index (χ1) is 13.8. The van der Waals surface area contributed by atoms with Crippen molar-refractivity contribution in [1.82, 2.24) is 0 Å². The third kappa shape index (κ3) is 3.84. The van der Waals surface area contributed by atoms with Crippen LogP contribution >= 0.6 is 0 Å². The predicted molar refractivity (Wildman–Crippen MR) is 121 cm³/mol. The number of fused-ring (bicyclic) bond motifs is 5. The molecule has 4 rings (SSSR count). The molecule has 9 atom stereocenters. The lowest BCUT2D eigenvalue weighted by Crippen LogP contribution is -2.54. The summed E-state index contributed by atoms with van der Waals surface area (Å²) < 4.78 is 0.